The molecule has 0 unspecified atom stereocenters. The molecule has 5 heteroatoms. The summed E-state index contributed by atoms with van der Waals surface area (Å²) >= 11 is 0. The lowest BCUT2D eigenvalue weighted by atomic mass is 10.0. The number of nitrogens with zero attached hydrogens (tertiary/aromatic N) is 1. The van der Waals surface area contributed by atoms with Gasteiger partial charge in [-0.25, -0.2) is 14.0 Å². The summed E-state index contributed by atoms with van der Waals surface area (Å²) in [6.45, 7) is 8.83. The summed E-state index contributed by atoms with van der Waals surface area (Å²) in [7, 11) is 0. The number of carbonyl (C=O) groups excluding carboxylic acids is 2. The van der Waals surface area contributed by atoms with Crippen LogP contribution in [0.15, 0.2) is 36.4 Å². The molecule has 1 aliphatic heterocycles. The van der Waals surface area contributed by atoms with E-state index in [4.69, 9.17) is 0 Å². The predicted octanol–water partition coefficient (Wildman–Crippen LogP) is 4.50. The SMILES string of the molecule is CC.CCN(Cc1ccccc1)c1c(C)cc(F)c2c1C(=O)OC2=O. The van der Waals surface area contributed by atoms with E-state index in [9.17, 15) is 14.0 Å². The molecule has 0 aliphatic carbocycles. The van der Waals surface area contributed by atoms with Gasteiger partial charge in [0, 0.05) is 13.1 Å². The van der Waals surface area contributed by atoms with E-state index in [-0.39, 0.29) is 11.1 Å². The van der Waals surface area contributed by atoms with E-state index in [1.54, 1.807) is 6.92 Å². The smallest absolute Gasteiger partial charge is 0.349 e. The van der Waals surface area contributed by atoms with Crippen molar-refractivity contribution in [1.29, 1.82) is 0 Å². The molecule has 3 rings (SSSR count). The number of cyclic esters (lactones) is 2. The van der Waals surface area contributed by atoms with Crippen LogP contribution >= 0.6 is 0 Å². The number of carbonyl (C=O) groups is 2. The van der Waals surface area contributed by atoms with Gasteiger partial charge in [0.15, 0.2) is 0 Å². The molecule has 0 bridgehead atoms. The molecule has 0 saturated heterocycles. The summed E-state index contributed by atoms with van der Waals surface area (Å²) in [5.74, 6) is -2.42. The highest BCUT2D eigenvalue weighted by atomic mass is 19.1. The van der Waals surface area contributed by atoms with Gasteiger partial charge >= 0.3 is 11.9 Å². The largest absolute Gasteiger partial charge is 0.386 e. The van der Waals surface area contributed by atoms with Crippen LogP contribution in [-0.4, -0.2) is 18.5 Å². The molecule has 0 radical (unpaired) electrons. The molecule has 1 heterocycles. The number of hydrogen-bond acceptors (Lipinski definition) is 4. The van der Waals surface area contributed by atoms with Gasteiger partial charge < -0.3 is 9.64 Å². The third-order valence-corrected chi connectivity index (χ3v) is 3.95. The molecule has 25 heavy (non-hydrogen) atoms. The summed E-state index contributed by atoms with van der Waals surface area (Å²) in [6, 6.07) is 11.0. The molecule has 0 fully saturated rings. The van der Waals surface area contributed by atoms with Crippen LogP contribution in [0.2, 0.25) is 0 Å². The number of fused-ring (bicyclic) bond motifs is 1. The molecule has 0 atom stereocenters. The zero-order valence-corrected chi connectivity index (χ0v) is 14.9. The van der Waals surface area contributed by atoms with Crippen molar-refractivity contribution in [2.45, 2.75) is 34.2 Å². The maximum Gasteiger partial charge on any atom is 0.349 e. The number of rotatable bonds is 4. The number of esters is 2. The van der Waals surface area contributed by atoms with Gasteiger partial charge in [0.1, 0.15) is 16.9 Å². The Morgan fingerprint density at radius 3 is 2.24 bits per heavy atom. The van der Waals surface area contributed by atoms with Crippen molar-refractivity contribution in [3.8, 4) is 0 Å². The van der Waals surface area contributed by atoms with Crippen molar-refractivity contribution in [2.75, 3.05) is 11.4 Å². The molecule has 0 aromatic heterocycles. The van der Waals surface area contributed by atoms with Gasteiger partial charge in [-0.05, 0) is 31.0 Å². The monoisotopic (exact) mass is 343 g/mol. The van der Waals surface area contributed by atoms with E-state index >= 15 is 0 Å². The number of benzene rings is 2. The summed E-state index contributed by atoms with van der Waals surface area (Å²) < 4.78 is 18.7. The number of aryl methyl sites for hydroxylation is 1. The quantitative estimate of drug-likeness (QED) is 0.606. The predicted molar refractivity (Wildman–Crippen MR) is 95.4 cm³/mol. The normalized spacial score (nSPS) is 12.2. The fraction of sp³-hybridized carbons (Fsp3) is 0.300. The number of halogens is 1. The van der Waals surface area contributed by atoms with Crippen LogP contribution in [0.1, 0.15) is 52.6 Å². The van der Waals surface area contributed by atoms with Gasteiger partial charge in [0.05, 0.1) is 5.69 Å². The fourth-order valence-corrected chi connectivity index (χ4v) is 2.91. The second-order valence-corrected chi connectivity index (χ2v) is 5.45. The molecule has 1 aliphatic rings. The first-order valence-electron chi connectivity index (χ1n) is 8.41. The molecule has 0 saturated carbocycles. The van der Waals surface area contributed by atoms with Crippen LogP contribution in [0.3, 0.4) is 0 Å². The minimum atomic E-state index is -0.917. The lowest BCUT2D eigenvalue weighted by Crippen LogP contribution is -2.25. The van der Waals surface area contributed by atoms with Crippen LogP contribution in [0.25, 0.3) is 0 Å². The first-order valence-corrected chi connectivity index (χ1v) is 8.41. The highest BCUT2D eigenvalue weighted by molar-refractivity contribution is 6.18. The van der Waals surface area contributed by atoms with Gasteiger partial charge in [0.2, 0.25) is 0 Å². The maximum absolute atomic E-state index is 14.1. The lowest BCUT2D eigenvalue weighted by molar-refractivity contribution is 0.0442. The minimum absolute atomic E-state index is 0.0327. The number of hydrogen-bond donors (Lipinski definition) is 0. The Hall–Kier alpha value is -2.69. The summed E-state index contributed by atoms with van der Waals surface area (Å²) in [5.41, 5.74) is 1.99. The molecule has 132 valence electrons. The Bertz CT molecular complexity index is 787. The third-order valence-electron chi connectivity index (χ3n) is 3.95. The molecule has 0 amide bonds. The molecule has 0 N–H and O–H groups in total. The average Bonchev–Trinajstić information content (AvgIpc) is 2.91. The van der Waals surface area contributed by atoms with E-state index in [0.717, 1.165) is 5.56 Å². The van der Waals surface area contributed by atoms with Crippen molar-refractivity contribution in [3.05, 3.63) is 64.5 Å². The van der Waals surface area contributed by atoms with E-state index in [2.05, 4.69) is 4.74 Å². The highest BCUT2D eigenvalue weighted by Gasteiger charge is 2.37. The average molecular weight is 343 g/mol. The number of anilines is 1. The molecule has 0 spiro atoms. The first kappa shape index (κ1) is 18.6. The Balaban J connectivity index is 0.00000109. The van der Waals surface area contributed by atoms with Crippen molar-refractivity contribution in [1.82, 2.24) is 0 Å². The molecule has 2 aromatic carbocycles. The van der Waals surface area contributed by atoms with Crippen LogP contribution in [0.4, 0.5) is 10.1 Å². The van der Waals surface area contributed by atoms with E-state index in [1.165, 1.54) is 6.07 Å². The van der Waals surface area contributed by atoms with E-state index in [1.807, 2.05) is 56.0 Å². The van der Waals surface area contributed by atoms with Crippen LogP contribution in [-0.2, 0) is 11.3 Å². The summed E-state index contributed by atoms with van der Waals surface area (Å²) in [5, 5.41) is 0. The minimum Gasteiger partial charge on any atom is -0.386 e. The molecular formula is C20H22FNO3. The van der Waals surface area contributed by atoms with Crippen LogP contribution in [0.5, 0.6) is 0 Å². The zero-order chi connectivity index (χ0) is 18.6. The van der Waals surface area contributed by atoms with Gasteiger partial charge in [0.25, 0.3) is 0 Å². The molecule has 4 nitrogen and oxygen atoms in total. The Kier molecular flexibility index (Phi) is 5.91. The van der Waals surface area contributed by atoms with Crippen molar-refractivity contribution >= 4 is 17.6 Å². The molecular weight excluding hydrogens is 321 g/mol. The van der Waals surface area contributed by atoms with E-state index in [0.29, 0.717) is 24.3 Å². The molecule has 2 aromatic rings. The van der Waals surface area contributed by atoms with E-state index < -0.39 is 17.8 Å². The first-order chi connectivity index (χ1) is 12.0. The van der Waals surface area contributed by atoms with Crippen molar-refractivity contribution in [2.24, 2.45) is 0 Å². The van der Waals surface area contributed by atoms with Gasteiger partial charge in [-0.1, -0.05) is 44.2 Å². The second kappa shape index (κ2) is 7.92. The second-order valence-electron chi connectivity index (χ2n) is 5.45. The van der Waals surface area contributed by atoms with Crippen molar-refractivity contribution in [3.63, 3.8) is 0 Å². The maximum atomic E-state index is 14.1. The van der Waals surface area contributed by atoms with Crippen LogP contribution < -0.4 is 4.90 Å². The van der Waals surface area contributed by atoms with Crippen molar-refractivity contribution < 1.29 is 18.7 Å². The Labute approximate surface area is 147 Å². The Morgan fingerprint density at radius 1 is 1.04 bits per heavy atom. The number of ether oxygens (including phenoxy) is 1. The standard InChI is InChI=1S/C18H16FNO3.C2H6/c1-3-20(10-12-7-5-4-6-8-12)16-11(2)9-13(19)14-15(16)18(22)23-17(14)21;1-2/h4-9H,3,10H2,1-2H3;1-2H3. The lowest BCUT2D eigenvalue weighted by Gasteiger charge is -2.26. The third kappa shape index (κ3) is 3.55. The van der Waals surface area contributed by atoms with Gasteiger partial charge in [-0.3, -0.25) is 0 Å². The summed E-state index contributed by atoms with van der Waals surface area (Å²) in [6.07, 6.45) is 0. The zero-order valence-electron chi connectivity index (χ0n) is 14.9. The van der Waals surface area contributed by atoms with Gasteiger partial charge in [-0.2, -0.15) is 0 Å². The van der Waals surface area contributed by atoms with Crippen LogP contribution in [0, 0.1) is 12.7 Å². The summed E-state index contributed by atoms with van der Waals surface area (Å²) in [4.78, 5) is 25.7. The highest BCUT2D eigenvalue weighted by Crippen LogP contribution is 2.35. The topological polar surface area (TPSA) is 46.6 Å². The Morgan fingerprint density at radius 2 is 1.64 bits per heavy atom. The van der Waals surface area contributed by atoms with Gasteiger partial charge in [-0.15, -0.1) is 0 Å². The fourth-order valence-electron chi connectivity index (χ4n) is 2.91.